The second-order valence-electron chi connectivity index (χ2n) is 3.65. The van der Waals surface area contributed by atoms with Crippen LogP contribution in [0.1, 0.15) is 19.8 Å². The first kappa shape index (κ1) is 12.0. The zero-order valence-electron chi connectivity index (χ0n) is 8.84. The quantitative estimate of drug-likeness (QED) is 0.419. The van der Waals surface area contributed by atoms with Gasteiger partial charge >= 0.3 is 0 Å². The predicted octanol–water partition coefficient (Wildman–Crippen LogP) is 2.19. The number of hydrogen-bond donors (Lipinski definition) is 1. The summed E-state index contributed by atoms with van der Waals surface area (Å²) >= 11 is 5.52. The molecule has 1 aliphatic rings. The summed E-state index contributed by atoms with van der Waals surface area (Å²) < 4.78 is 5.61. The van der Waals surface area contributed by atoms with Gasteiger partial charge in [-0.05, 0) is 18.8 Å². The Balaban J connectivity index is 2.08. The highest BCUT2D eigenvalue weighted by Crippen LogP contribution is 2.22. The fourth-order valence-electron chi connectivity index (χ4n) is 1.88. The van der Waals surface area contributed by atoms with Crippen molar-refractivity contribution in [2.75, 3.05) is 25.6 Å². The molecule has 14 heavy (non-hydrogen) atoms. The standard InChI is InChI=1S/C11H20ClNO/c1-2-11-10(5-8-14-11)9-13-7-4-3-6-12/h3-4,10-11,13H,2,5-9H2,1H3/b4-3+. The molecule has 2 unspecified atom stereocenters. The number of halogens is 1. The Morgan fingerprint density at radius 3 is 3.07 bits per heavy atom. The molecule has 0 aromatic rings. The van der Waals surface area contributed by atoms with Crippen LogP contribution < -0.4 is 5.32 Å². The summed E-state index contributed by atoms with van der Waals surface area (Å²) in [4.78, 5) is 0. The maximum absolute atomic E-state index is 5.61. The normalized spacial score (nSPS) is 27.6. The topological polar surface area (TPSA) is 21.3 Å². The first-order valence-electron chi connectivity index (χ1n) is 5.41. The summed E-state index contributed by atoms with van der Waals surface area (Å²) in [5, 5.41) is 3.40. The van der Waals surface area contributed by atoms with Crippen molar-refractivity contribution in [2.45, 2.75) is 25.9 Å². The van der Waals surface area contributed by atoms with Crippen LogP contribution in [0, 0.1) is 5.92 Å². The van der Waals surface area contributed by atoms with Gasteiger partial charge in [0.25, 0.3) is 0 Å². The largest absolute Gasteiger partial charge is 0.378 e. The summed E-state index contributed by atoms with van der Waals surface area (Å²) in [7, 11) is 0. The van der Waals surface area contributed by atoms with E-state index in [1.165, 1.54) is 6.42 Å². The third-order valence-electron chi connectivity index (χ3n) is 2.67. The molecule has 1 saturated heterocycles. The fraction of sp³-hybridized carbons (Fsp3) is 0.818. The molecule has 1 fully saturated rings. The van der Waals surface area contributed by atoms with Gasteiger partial charge in [-0.15, -0.1) is 11.6 Å². The Morgan fingerprint density at radius 2 is 2.36 bits per heavy atom. The molecule has 2 atom stereocenters. The molecule has 1 rings (SSSR count). The van der Waals surface area contributed by atoms with Crippen molar-refractivity contribution in [1.29, 1.82) is 0 Å². The van der Waals surface area contributed by atoms with E-state index in [9.17, 15) is 0 Å². The molecule has 3 heteroatoms. The summed E-state index contributed by atoms with van der Waals surface area (Å²) in [5.74, 6) is 1.30. The molecule has 1 N–H and O–H groups in total. The van der Waals surface area contributed by atoms with Crippen LogP contribution in [0.5, 0.6) is 0 Å². The van der Waals surface area contributed by atoms with E-state index in [0.717, 1.165) is 26.1 Å². The van der Waals surface area contributed by atoms with Gasteiger partial charge in [0, 0.05) is 25.6 Å². The Bertz CT molecular complexity index is 173. The van der Waals surface area contributed by atoms with E-state index in [1.807, 2.05) is 6.08 Å². The molecule has 0 saturated carbocycles. The monoisotopic (exact) mass is 217 g/mol. The Kier molecular flexibility index (Phi) is 6.24. The second-order valence-corrected chi connectivity index (χ2v) is 3.96. The lowest BCUT2D eigenvalue weighted by molar-refractivity contribution is 0.0875. The summed E-state index contributed by atoms with van der Waals surface area (Å²) in [5.41, 5.74) is 0. The van der Waals surface area contributed by atoms with Crippen LogP contribution in [0.3, 0.4) is 0 Å². The van der Waals surface area contributed by atoms with Crippen LogP contribution in [0.25, 0.3) is 0 Å². The Hall–Kier alpha value is -0.0500. The van der Waals surface area contributed by atoms with E-state index < -0.39 is 0 Å². The number of ether oxygens (including phenoxy) is 1. The van der Waals surface area contributed by atoms with Crippen molar-refractivity contribution in [2.24, 2.45) is 5.92 Å². The molecule has 1 heterocycles. The highest BCUT2D eigenvalue weighted by atomic mass is 35.5. The Morgan fingerprint density at radius 1 is 1.50 bits per heavy atom. The molecule has 0 spiro atoms. The van der Waals surface area contributed by atoms with Crippen molar-refractivity contribution in [3.05, 3.63) is 12.2 Å². The minimum absolute atomic E-state index is 0.472. The van der Waals surface area contributed by atoms with Crippen LogP contribution in [-0.4, -0.2) is 31.7 Å². The van der Waals surface area contributed by atoms with E-state index in [1.54, 1.807) is 0 Å². The van der Waals surface area contributed by atoms with Crippen LogP contribution in [0.2, 0.25) is 0 Å². The molecular weight excluding hydrogens is 198 g/mol. The predicted molar refractivity (Wildman–Crippen MR) is 60.9 cm³/mol. The van der Waals surface area contributed by atoms with Gasteiger partial charge in [-0.3, -0.25) is 0 Å². The first-order chi connectivity index (χ1) is 6.88. The maximum Gasteiger partial charge on any atom is 0.0613 e. The lowest BCUT2D eigenvalue weighted by atomic mass is 10.00. The van der Waals surface area contributed by atoms with Gasteiger partial charge in [0.2, 0.25) is 0 Å². The maximum atomic E-state index is 5.61. The van der Waals surface area contributed by atoms with Crippen LogP contribution in [0.4, 0.5) is 0 Å². The van der Waals surface area contributed by atoms with Crippen molar-refractivity contribution in [1.82, 2.24) is 5.32 Å². The zero-order chi connectivity index (χ0) is 10.2. The van der Waals surface area contributed by atoms with Gasteiger partial charge in [-0.1, -0.05) is 19.1 Å². The molecule has 2 nitrogen and oxygen atoms in total. The number of hydrogen-bond acceptors (Lipinski definition) is 2. The van der Waals surface area contributed by atoms with Gasteiger partial charge in [0.15, 0.2) is 0 Å². The zero-order valence-corrected chi connectivity index (χ0v) is 9.59. The molecule has 0 radical (unpaired) electrons. The molecule has 0 aromatic heterocycles. The fourth-order valence-corrected chi connectivity index (χ4v) is 2.00. The van der Waals surface area contributed by atoms with Gasteiger partial charge in [0.1, 0.15) is 0 Å². The average molecular weight is 218 g/mol. The summed E-state index contributed by atoms with van der Waals surface area (Å²) in [6.07, 6.45) is 6.84. The van der Waals surface area contributed by atoms with Crippen molar-refractivity contribution < 1.29 is 4.74 Å². The smallest absolute Gasteiger partial charge is 0.0613 e. The third kappa shape index (κ3) is 3.99. The molecular formula is C11H20ClNO. The van der Waals surface area contributed by atoms with Crippen LogP contribution >= 0.6 is 11.6 Å². The van der Waals surface area contributed by atoms with Crippen molar-refractivity contribution >= 4 is 11.6 Å². The molecule has 82 valence electrons. The minimum atomic E-state index is 0.472. The lowest BCUT2D eigenvalue weighted by Gasteiger charge is -2.16. The van der Waals surface area contributed by atoms with Crippen LogP contribution in [0.15, 0.2) is 12.2 Å². The van der Waals surface area contributed by atoms with Crippen molar-refractivity contribution in [3.8, 4) is 0 Å². The highest BCUT2D eigenvalue weighted by molar-refractivity contribution is 6.18. The third-order valence-corrected chi connectivity index (χ3v) is 2.85. The molecule has 0 aromatic carbocycles. The minimum Gasteiger partial charge on any atom is -0.378 e. The molecule has 1 aliphatic heterocycles. The van der Waals surface area contributed by atoms with E-state index in [4.69, 9.17) is 16.3 Å². The number of alkyl halides is 1. The molecule has 0 aliphatic carbocycles. The second kappa shape index (κ2) is 7.27. The molecule has 0 bridgehead atoms. The van der Waals surface area contributed by atoms with E-state index in [-0.39, 0.29) is 0 Å². The van der Waals surface area contributed by atoms with E-state index in [0.29, 0.717) is 17.9 Å². The van der Waals surface area contributed by atoms with Crippen molar-refractivity contribution in [3.63, 3.8) is 0 Å². The van der Waals surface area contributed by atoms with E-state index >= 15 is 0 Å². The summed E-state index contributed by atoms with van der Waals surface area (Å²) in [6.45, 7) is 5.10. The lowest BCUT2D eigenvalue weighted by Crippen LogP contribution is -2.28. The first-order valence-corrected chi connectivity index (χ1v) is 5.95. The van der Waals surface area contributed by atoms with E-state index in [2.05, 4.69) is 18.3 Å². The number of allylic oxidation sites excluding steroid dienone is 1. The number of rotatable bonds is 6. The van der Waals surface area contributed by atoms with Crippen LogP contribution in [-0.2, 0) is 4.74 Å². The average Bonchev–Trinajstić information content (AvgIpc) is 2.65. The Labute approximate surface area is 91.7 Å². The van der Waals surface area contributed by atoms with Gasteiger partial charge in [0.05, 0.1) is 6.10 Å². The van der Waals surface area contributed by atoms with Gasteiger partial charge < -0.3 is 10.1 Å². The highest BCUT2D eigenvalue weighted by Gasteiger charge is 2.25. The van der Waals surface area contributed by atoms with Gasteiger partial charge in [-0.25, -0.2) is 0 Å². The molecule has 0 amide bonds. The SMILES string of the molecule is CCC1OCCC1CNC/C=C/CCl. The number of nitrogens with one attached hydrogen (secondary N) is 1. The summed E-state index contributed by atoms with van der Waals surface area (Å²) in [6, 6.07) is 0. The van der Waals surface area contributed by atoms with Gasteiger partial charge in [-0.2, -0.15) is 0 Å².